The number of nitrogens with zero attached hydrogens (tertiary/aromatic N) is 2. The number of benzene rings is 1. The van der Waals surface area contributed by atoms with Crippen LogP contribution in [0.2, 0.25) is 0 Å². The lowest BCUT2D eigenvalue weighted by atomic mass is 10.1. The summed E-state index contributed by atoms with van der Waals surface area (Å²) in [7, 11) is 1.64. The zero-order valence-corrected chi connectivity index (χ0v) is 14.6. The molecule has 0 atom stereocenters. The number of hydrogen-bond donors (Lipinski definition) is 1. The highest BCUT2D eigenvalue weighted by atomic mass is 16.5. The summed E-state index contributed by atoms with van der Waals surface area (Å²) in [5.74, 6) is 0.690. The maximum absolute atomic E-state index is 12.4. The van der Waals surface area contributed by atoms with Gasteiger partial charge in [-0.1, -0.05) is 0 Å². The van der Waals surface area contributed by atoms with Gasteiger partial charge in [-0.2, -0.15) is 0 Å². The summed E-state index contributed by atoms with van der Waals surface area (Å²) >= 11 is 0. The predicted molar refractivity (Wildman–Crippen MR) is 97.2 cm³/mol. The molecule has 0 unspecified atom stereocenters. The second kappa shape index (κ2) is 7.21. The van der Waals surface area contributed by atoms with Crippen molar-refractivity contribution in [1.29, 1.82) is 0 Å². The van der Waals surface area contributed by atoms with Crippen molar-refractivity contribution in [1.82, 2.24) is 14.9 Å². The van der Waals surface area contributed by atoms with Crippen molar-refractivity contribution in [3.63, 3.8) is 0 Å². The van der Waals surface area contributed by atoms with Gasteiger partial charge in [-0.05, 0) is 50.2 Å². The van der Waals surface area contributed by atoms with Crippen LogP contribution in [-0.4, -0.2) is 22.6 Å². The maximum atomic E-state index is 12.4. The summed E-state index contributed by atoms with van der Waals surface area (Å²) < 4.78 is 7.39. The summed E-state index contributed by atoms with van der Waals surface area (Å²) in [6, 6.07) is 11.4. The van der Waals surface area contributed by atoms with Crippen LogP contribution >= 0.6 is 0 Å². The van der Waals surface area contributed by atoms with Crippen molar-refractivity contribution in [2.75, 3.05) is 7.11 Å². The summed E-state index contributed by atoms with van der Waals surface area (Å²) in [5, 5.41) is 2.92. The first-order valence-electron chi connectivity index (χ1n) is 8.11. The Hall–Kier alpha value is -3.08. The zero-order valence-electron chi connectivity index (χ0n) is 14.6. The number of carbonyl (C=O) groups excluding carboxylic acids is 1. The Kier molecular flexibility index (Phi) is 4.84. The number of rotatable bonds is 5. The monoisotopic (exact) mass is 335 g/mol. The minimum Gasteiger partial charge on any atom is -0.496 e. The van der Waals surface area contributed by atoms with E-state index in [-0.39, 0.29) is 5.91 Å². The van der Waals surface area contributed by atoms with Gasteiger partial charge in [-0.25, -0.2) is 0 Å². The summed E-state index contributed by atoms with van der Waals surface area (Å²) in [6.45, 7) is 4.26. The highest BCUT2D eigenvalue weighted by molar-refractivity contribution is 5.94. The molecule has 0 bridgehead atoms. The molecule has 3 aromatic rings. The van der Waals surface area contributed by atoms with Crippen LogP contribution < -0.4 is 10.1 Å². The van der Waals surface area contributed by atoms with E-state index in [1.165, 1.54) is 0 Å². The predicted octanol–water partition coefficient (Wildman–Crippen LogP) is 3.43. The molecular weight excluding hydrogens is 314 g/mol. The number of ether oxygens (including phenoxy) is 1. The van der Waals surface area contributed by atoms with E-state index >= 15 is 0 Å². The molecule has 2 heterocycles. The second-order valence-corrected chi connectivity index (χ2v) is 5.87. The number of aromatic nitrogens is 2. The van der Waals surface area contributed by atoms with E-state index in [0.29, 0.717) is 12.1 Å². The number of nitrogens with one attached hydrogen (secondary N) is 1. The first-order chi connectivity index (χ1) is 12.1. The lowest BCUT2D eigenvalue weighted by Gasteiger charge is -2.13. The molecule has 128 valence electrons. The Morgan fingerprint density at radius 1 is 1.16 bits per heavy atom. The molecule has 0 fully saturated rings. The van der Waals surface area contributed by atoms with Crippen LogP contribution in [0.4, 0.5) is 0 Å². The molecule has 2 aromatic heterocycles. The lowest BCUT2D eigenvalue weighted by molar-refractivity contribution is 0.0950. The number of amides is 1. The molecule has 1 amide bonds. The van der Waals surface area contributed by atoms with E-state index in [0.717, 1.165) is 28.3 Å². The fraction of sp³-hybridized carbons (Fsp3) is 0.200. The van der Waals surface area contributed by atoms with Gasteiger partial charge in [0.25, 0.3) is 5.91 Å². The number of hydrogen-bond acceptors (Lipinski definition) is 3. The standard InChI is InChI=1S/C20H21N3O2/c1-14-12-21-18(15(2)19(14)25-3)13-22-20(24)16-6-8-17(9-7-16)23-10-4-5-11-23/h4-12H,13H2,1-3H3,(H,22,24). The number of aryl methyl sites for hydroxylation is 1. The van der Waals surface area contributed by atoms with E-state index in [2.05, 4.69) is 10.3 Å². The minimum atomic E-state index is -0.125. The van der Waals surface area contributed by atoms with Crippen molar-refractivity contribution in [2.24, 2.45) is 0 Å². The Morgan fingerprint density at radius 3 is 2.48 bits per heavy atom. The van der Waals surface area contributed by atoms with Crippen molar-refractivity contribution in [3.05, 3.63) is 77.4 Å². The minimum absolute atomic E-state index is 0.125. The topological polar surface area (TPSA) is 56.1 Å². The Bertz CT molecular complexity index is 869. The molecule has 0 aliphatic heterocycles. The van der Waals surface area contributed by atoms with Crippen LogP contribution in [0.1, 0.15) is 27.2 Å². The van der Waals surface area contributed by atoms with Crippen molar-refractivity contribution < 1.29 is 9.53 Å². The van der Waals surface area contributed by atoms with Crippen LogP contribution in [0, 0.1) is 13.8 Å². The van der Waals surface area contributed by atoms with Crippen LogP contribution in [0.25, 0.3) is 5.69 Å². The molecule has 5 nitrogen and oxygen atoms in total. The molecule has 25 heavy (non-hydrogen) atoms. The molecule has 0 radical (unpaired) electrons. The molecular formula is C20H21N3O2. The highest BCUT2D eigenvalue weighted by Gasteiger charge is 2.11. The first-order valence-corrected chi connectivity index (χ1v) is 8.11. The lowest BCUT2D eigenvalue weighted by Crippen LogP contribution is -2.24. The van der Waals surface area contributed by atoms with Gasteiger partial charge in [0.05, 0.1) is 19.3 Å². The molecule has 0 saturated heterocycles. The third-order valence-electron chi connectivity index (χ3n) is 4.20. The fourth-order valence-electron chi connectivity index (χ4n) is 2.81. The normalized spacial score (nSPS) is 10.5. The zero-order chi connectivity index (χ0) is 17.8. The average Bonchev–Trinajstić information content (AvgIpc) is 3.16. The van der Waals surface area contributed by atoms with E-state index in [1.807, 2.05) is 67.2 Å². The SMILES string of the molecule is COc1c(C)cnc(CNC(=O)c2ccc(-n3cccc3)cc2)c1C. The quantitative estimate of drug-likeness (QED) is 0.777. The smallest absolute Gasteiger partial charge is 0.251 e. The second-order valence-electron chi connectivity index (χ2n) is 5.87. The number of methoxy groups -OCH3 is 1. The van der Waals surface area contributed by atoms with E-state index in [4.69, 9.17) is 4.74 Å². The van der Waals surface area contributed by atoms with Gasteiger partial charge in [-0.15, -0.1) is 0 Å². The largest absolute Gasteiger partial charge is 0.496 e. The van der Waals surface area contributed by atoms with Crippen LogP contribution in [0.3, 0.4) is 0 Å². The first kappa shape index (κ1) is 16.8. The van der Waals surface area contributed by atoms with Gasteiger partial charge >= 0.3 is 0 Å². The number of carbonyl (C=O) groups is 1. The number of pyridine rings is 1. The molecule has 3 rings (SSSR count). The third kappa shape index (κ3) is 3.55. The van der Waals surface area contributed by atoms with Gasteiger partial charge in [0.2, 0.25) is 0 Å². The van der Waals surface area contributed by atoms with Gasteiger partial charge < -0.3 is 14.6 Å². The van der Waals surface area contributed by atoms with E-state index in [9.17, 15) is 4.79 Å². The molecule has 1 N–H and O–H groups in total. The molecule has 1 aromatic carbocycles. The van der Waals surface area contributed by atoms with E-state index < -0.39 is 0 Å². The Balaban J connectivity index is 1.69. The van der Waals surface area contributed by atoms with E-state index in [1.54, 1.807) is 13.3 Å². The average molecular weight is 335 g/mol. The van der Waals surface area contributed by atoms with Crippen molar-refractivity contribution in [3.8, 4) is 11.4 Å². The highest BCUT2D eigenvalue weighted by Crippen LogP contribution is 2.23. The van der Waals surface area contributed by atoms with Gasteiger partial charge in [0.15, 0.2) is 0 Å². The molecule has 0 aliphatic carbocycles. The molecule has 0 saturated carbocycles. The summed E-state index contributed by atoms with van der Waals surface area (Å²) in [5.41, 5.74) is 4.37. The van der Waals surface area contributed by atoms with Gasteiger partial charge in [0.1, 0.15) is 5.75 Å². The van der Waals surface area contributed by atoms with Crippen LogP contribution in [0.5, 0.6) is 5.75 Å². The Morgan fingerprint density at radius 2 is 1.84 bits per heavy atom. The van der Waals surface area contributed by atoms with Gasteiger partial charge in [0, 0.05) is 41.0 Å². The Labute approximate surface area is 147 Å². The molecule has 0 spiro atoms. The van der Waals surface area contributed by atoms with Gasteiger partial charge in [-0.3, -0.25) is 9.78 Å². The van der Waals surface area contributed by atoms with Crippen molar-refractivity contribution in [2.45, 2.75) is 20.4 Å². The fourth-order valence-corrected chi connectivity index (χ4v) is 2.81. The van der Waals surface area contributed by atoms with Crippen molar-refractivity contribution >= 4 is 5.91 Å². The third-order valence-corrected chi connectivity index (χ3v) is 4.20. The summed E-state index contributed by atoms with van der Waals surface area (Å²) in [4.78, 5) is 16.8. The summed E-state index contributed by atoms with van der Waals surface area (Å²) in [6.07, 6.45) is 5.70. The molecule has 5 heteroatoms. The maximum Gasteiger partial charge on any atom is 0.251 e. The van der Waals surface area contributed by atoms with Crippen LogP contribution in [-0.2, 0) is 6.54 Å². The van der Waals surface area contributed by atoms with Crippen LogP contribution in [0.15, 0.2) is 55.0 Å². The molecule has 0 aliphatic rings.